The summed E-state index contributed by atoms with van der Waals surface area (Å²) in [4.78, 5) is 25.9. The molecule has 1 N–H and O–H groups in total. The average Bonchev–Trinajstić information content (AvgIpc) is 2.76. The first-order valence-corrected chi connectivity index (χ1v) is 11.6. The normalized spacial score (nSPS) is 11.8. The molecule has 0 saturated carbocycles. The van der Waals surface area contributed by atoms with Crippen LogP contribution in [0.2, 0.25) is 0 Å². The first kappa shape index (κ1) is 22.7. The molecule has 8 heteroatoms. The van der Waals surface area contributed by atoms with Crippen LogP contribution in [-0.4, -0.2) is 36.3 Å². The number of carbonyl (C=O) groups excluding carboxylic acids is 1. The number of benzene rings is 2. The summed E-state index contributed by atoms with van der Waals surface area (Å²) in [7, 11) is -2.00. The monoisotopic (exact) mass is 441 g/mol. The number of pyridine rings is 1. The van der Waals surface area contributed by atoms with Crippen molar-refractivity contribution < 1.29 is 13.2 Å². The van der Waals surface area contributed by atoms with Crippen LogP contribution in [0.1, 0.15) is 35.3 Å². The number of carbonyl (C=O) groups is 1. The molecule has 1 amide bonds. The SMILES string of the molecule is CCN(CC)S(=O)(=O)c1ccc2c(c1)c(=O)c(C(=O)NCc1ccc(C)cc1)cn2C. The topological polar surface area (TPSA) is 88.5 Å². The quantitative estimate of drug-likeness (QED) is 0.611. The molecule has 0 aliphatic heterocycles. The first-order valence-electron chi connectivity index (χ1n) is 10.2. The second-order valence-corrected chi connectivity index (χ2v) is 9.36. The molecule has 0 bridgehead atoms. The van der Waals surface area contributed by atoms with E-state index in [1.165, 1.54) is 22.6 Å². The zero-order chi connectivity index (χ0) is 22.8. The van der Waals surface area contributed by atoms with Crippen molar-refractivity contribution in [2.45, 2.75) is 32.2 Å². The Balaban J connectivity index is 1.99. The van der Waals surface area contributed by atoms with E-state index in [1.54, 1.807) is 31.5 Å². The molecule has 7 nitrogen and oxygen atoms in total. The molecule has 0 unspecified atom stereocenters. The summed E-state index contributed by atoms with van der Waals surface area (Å²) in [6.45, 7) is 6.45. The van der Waals surface area contributed by atoms with Crippen LogP contribution >= 0.6 is 0 Å². The lowest BCUT2D eigenvalue weighted by atomic mass is 10.1. The fraction of sp³-hybridized carbons (Fsp3) is 0.304. The lowest BCUT2D eigenvalue weighted by molar-refractivity contribution is 0.0949. The maximum atomic E-state index is 13.1. The van der Waals surface area contributed by atoms with Crippen LogP contribution in [0.4, 0.5) is 0 Å². The van der Waals surface area contributed by atoms with E-state index >= 15 is 0 Å². The maximum absolute atomic E-state index is 13.1. The summed E-state index contributed by atoms with van der Waals surface area (Å²) < 4.78 is 28.7. The van der Waals surface area contributed by atoms with Crippen LogP contribution in [0.5, 0.6) is 0 Å². The number of nitrogens with zero attached hydrogens (tertiary/aromatic N) is 2. The number of fused-ring (bicyclic) bond motifs is 1. The van der Waals surface area contributed by atoms with Gasteiger partial charge in [-0.3, -0.25) is 9.59 Å². The Morgan fingerprint density at radius 3 is 2.32 bits per heavy atom. The molecule has 0 saturated heterocycles. The fourth-order valence-electron chi connectivity index (χ4n) is 3.49. The van der Waals surface area contributed by atoms with Crippen molar-refractivity contribution in [3.8, 4) is 0 Å². The van der Waals surface area contributed by atoms with E-state index in [1.807, 2.05) is 31.2 Å². The predicted molar refractivity (Wildman–Crippen MR) is 122 cm³/mol. The van der Waals surface area contributed by atoms with Gasteiger partial charge in [0.25, 0.3) is 5.91 Å². The van der Waals surface area contributed by atoms with E-state index in [-0.39, 0.29) is 22.4 Å². The average molecular weight is 442 g/mol. The second-order valence-electron chi connectivity index (χ2n) is 7.42. The lowest BCUT2D eigenvalue weighted by Gasteiger charge is -2.19. The minimum atomic E-state index is -3.72. The number of nitrogens with one attached hydrogen (secondary N) is 1. The van der Waals surface area contributed by atoms with Gasteiger partial charge in [-0.25, -0.2) is 8.42 Å². The van der Waals surface area contributed by atoms with Crippen LogP contribution in [0.15, 0.2) is 58.4 Å². The Labute approximate surface area is 182 Å². The van der Waals surface area contributed by atoms with Crippen LogP contribution in [0.25, 0.3) is 10.9 Å². The molecule has 0 radical (unpaired) electrons. The summed E-state index contributed by atoms with van der Waals surface area (Å²) in [5.74, 6) is -0.500. The van der Waals surface area contributed by atoms with Gasteiger partial charge < -0.3 is 9.88 Å². The third-order valence-corrected chi connectivity index (χ3v) is 7.37. The predicted octanol–water partition coefficient (Wildman–Crippen LogP) is 2.81. The molecule has 3 aromatic rings. The van der Waals surface area contributed by atoms with E-state index in [4.69, 9.17) is 0 Å². The highest BCUT2D eigenvalue weighted by Gasteiger charge is 2.23. The van der Waals surface area contributed by atoms with Gasteiger partial charge in [0.2, 0.25) is 15.5 Å². The third-order valence-electron chi connectivity index (χ3n) is 5.32. The number of hydrogen-bond acceptors (Lipinski definition) is 4. The molecule has 2 aromatic carbocycles. The summed E-state index contributed by atoms with van der Waals surface area (Å²) in [5.41, 5.74) is 2.07. The van der Waals surface area contributed by atoms with E-state index in [2.05, 4.69) is 5.32 Å². The van der Waals surface area contributed by atoms with Gasteiger partial charge in [0.1, 0.15) is 5.56 Å². The van der Waals surface area contributed by atoms with Gasteiger partial charge in [-0.2, -0.15) is 4.31 Å². The van der Waals surface area contributed by atoms with Gasteiger partial charge in [0.05, 0.1) is 10.4 Å². The smallest absolute Gasteiger partial charge is 0.257 e. The molecule has 164 valence electrons. The number of aromatic nitrogens is 1. The Morgan fingerprint density at radius 2 is 1.71 bits per heavy atom. The van der Waals surface area contributed by atoms with Crippen molar-refractivity contribution in [2.24, 2.45) is 7.05 Å². The first-order chi connectivity index (χ1) is 14.7. The highest BCUT2D eigenvalue weighted by molar-refractivity contribution is 7.89. The third kappa shape index (κ3) is 4.55. The Hall–Kier alpha value is -2.97. The van der Waals surface area contributed by atoms with E-state index in [9.17, 15) is 18.0 Å². The van der Waals surface area contributed by atoms with Crippen LogP contribution in [-0.2, 0) is 23.6 Å². The second kappa shape index (κ2) is 9.03. The van der Waals surface area contributed by atoms with E-state index in [0.29, 0.717) is 18.6 Å². The van der Waals surface area contributed by atoms with Crippen LogP contribution in [0.3, 0.4) is 0 Å². The molecular formula is C23H27N3O4S. The van der Waals surface area contributed by atoms with Gasteiger partial charge in [-0.05, 0) is 30.7 Å². The Bertz CT molecular complexity index is 1270. The lowest BCUT2D eigenvalue weighted by Crippen LogP contribution is -2.31. The minimum Gasteiger partial charge on any atom is -0.350 e. The Kier molecular flexibility index (Phi) is 6.62. The van der Waals surface area contributed by atoms with Crippen molar-refractivity contribution in [2.75, 3.05) is 13.1 Å². The van der Waals surface area contributed by atoms with Crippen molar-refractivity contribution in [3.05, 3.63) is 75.6 Å². The zero-order valence-corrected chi connectivity index (χ0v) is 19.0. The van der Waals surface area contributed by atoms with Crippen molar-refractivity contribution in [1.82, 2.24) is 14.2 Å². The van der Waals surface area contributed by atoms with Crippen LogP contribution in [0, 0.1) is 6.92 Å². The number of hydrogen-bond donors (Lipinski definition) is 1. The molecule has 0 fully saturated rings. The van der Waals surface area contributed by atoms with Crippen molar-refractivity contribution in [1.29, 1.82) is 0 Å². The highest BCUT2D eigenvalue weighted by atomic mass is 32.2. The molecule has 1 heterocycles. The van der Waals surface area contributed by atoms with Gasteiger partial charge in [0.15, 0.2) is 0 Å². The molecule has 0 atom stereocenters. The number of amides is 1. The van der Waals surface area contributed by atoms with Gasteiger partial charge in [-0.1, -0.05) is 43.7 Å². The Morgan fingerprint density at radius 1 is 1.06 bits per heavy atom. The number of aryl methyl sites for hydroxylation is 2. The van der Waals surface area contributed by atoms with Crippen molar-refractivity contribution >= 4 is 26.8 Å². The molecule has 0 aliphatic carbocycles. The molecular weight excluding hydrogens is 414 g/mol. The standard InChI is InChI=1S/C23H27N3O4S/c1-5-26(6-2)31(29,30)18-11-12-21-19(13-18)22(27)20(15-25(21)4)23(28)24-14-17-9-7-16(3)8-10-17/h7-13,15H,5-6,14H2,1-4H3,(H,24,28). The summed E-state index contributed by atoms with van der Waals surface area (Å²) in [6, 6.07) is 12.2. The fourth-order valence-corrected chi connectivity index (χ4v) is 4.97. The minimum absolute atomic E-state index is 0.0282. The van der Waals surface area contributed by atoms with E-state index < -0.39 is 21.4 Å². The zero-order valence-electron chi connectivity index (χ0n) is 18.2. The highest BCUT2D eigenvalue weighted by Crippen LogP contribution is 2.20. The molecule has 31 heavy (non-hydrogen) atoms. The van der Waals surface area contributed by atoms with Crippen molar-refractivity contribution in [3.63, 3.8) is 0 Å². The summed E-state index contributed by atoms with van der Waals surface area (Å²) in [5, 5.41) is 2.96. The van der Waals surface area contributed by atoms with E-state index in [0.717, 1.165) is 11.1 Å². The molecule has 1 aromatic heterocycles. The number of sulfonamides is 1. The summed E-state index contributed by atoms with van der Waals surface area (Å²) in [6.07, 6.45) is 1.48. The van der Waals surface area contributed by atoms with Gasteiger partial charge in [0, 0.05) is 38.3 Å². The maximum Gasteiger partial charge on any atom is 0.257 e. The van der Waals surface area contributed by atoms with Gasteiger partial charge >= 0.3 is 0 Å². The van der Waals surface area contributed by atoms with Gasteiger partial charge in [-0.15, -0.1) is 0 Å². The summed E-state index contributed by atoms with van der Waals surface area (Å²) >= 11 is 0. The number of rotatable bonds is 7. The van der Waals surface area contributed by atoms with Crippen LogP contribution < -0.4 is 10.7 Å². The molecule has 0 spiro atoms. The molecule has 3 rings (SSSR count). The molecule has 0 aliphatic rings. The largest absolute Gasteiger partial charge is 0.350 e.